The number of carbonyl (C=O) groups excluding carboxylic acids is 3. The quantitative estimate of drug-likeness (QED) is 0.180. The lowest BCUT2D eigenvalue weighted by Crippen LogP contribution is -2.18. The maximum absolute atomic E-state index is 13.1. The van der Waals surface area contributed by atoms with Gasteiger partial charge in [0.2, 0.25) is 0 Å². The van der Waals surface area contributed by atoms with Crippen molar-refractivity contribution in [1.82, 2.24) is 0 Å². The fourth-order valence-electron chi connectivity index (χ4n) is 4.40. The van der Waals surface area contributed by atoms with Crippen molar-refractivity contribution in [3.8, 4) is 5.75 Å². The standard InChI is InChI=1S/C33H35NO7S/c1-7-38-32(37)28-21(4)27(31(36)40-20(2)3)30(42-28)34-29(35)26-18-17-25(41-26)19-39-24-15-13-23(14-16-24)33(5,6)22-11-9-8-10-12-22/h8-18,20H,7,19H2,1-6H3,(H,34,35). The maximum atomic E-state index is 13.1. The van der Waals surface area contributed by atoms with E-state index in [-0.39, 0.29) is 45.9 Å². The number of nitrogens with one attached hydrogen (secondary N) is 1. The summed E-state index contributed by atoms with van der Waals surface area (Å²) in [6, 6.07) is 21.4. The Kier molecular flexibility index (Phi) is 9.52. The number of rotatable bonds is 11. The van der Waals surface area contributed by atoms with Crippen LogP contribution in [0.15, 0.2) is 71.1 Å². The van der Waals surface area contributed by atoms with Crippen molar-refractivity contribution in [3.05, 3.63) is 105 Å². The Bertz CT molecular complexity index is 1550. The van der Waals surface area contributed by atoms with Crippen molar-refractivity contribution in [2.24, 2.45) is 0 Å². The van der Waals surface area contributed by atoms with Crippen LogP contribution in [0.1, 0.15) is 87.7 Å². The van der Waals surface area contributed by atoms with Crippen LogP contribution in [0, 0.1) is 6.92 Å². The molecule has 42 heavy (non-hydrogen) atoms. The Hall–Kier alpha value is -4.37. The van der Waals surface area contributed by atoms with Gasteiger partial charge in [0, 0.05) is 5.41 Å². The highest BCUT2D eigenvalue weighted by Crippen LogP contribution is 2.35. The van der Waals surface area contributed by atoms with Gasteiger partial charge in [-0.15, -0.1) is 11.3 Å². The van der Waals surface area contributed by atoms with Crippen LogP contribution in [-0.4, -0.2) is 30.6 Å². The molecular weight excluding hydrogens is 554 g/mol. The number of amides is 1. The first-order valence-electron chi connectivity index (χ1n) is 13.7. The van der Waals surface area contributed by atoms with Crippen molar-refractivity contribution in [2.75, 3.05) is 11.9 Å². The van der Waals surface area contributed by atoms with Crippen molar-refractivity contribution < 1.29 is 33.0 Å². The smallest absolute Gasteiger partial charge is 0.348 e. The zero-order valence-corrected chi connectivity index (χ0v) is 25.4. The first-order chi connectivity index (χ1) is 20.0. The Balaban J connectivity index is 1.44. The van der Waals surface area contributed by atoms with Gasteiger partial charge in [-0.1, -0.05) is 56.3 Å². The van der Waals surface area contributed by atoms with Gasteiger partial charge < -0.3 is 23.9 Å². The lowest BCUT2D eigenvalue weighted by Gasteiger charge is -2.26. The molecule has 0 aliphatic carbocycles. The van der Waals surface area contributed by atoms with Gasteiger partial charge in [-0.2, -0.15) is 0 Å². The third kappa shape index (κ3) is 6.91. The molecule has 9 heteroatoms. The number of furan rings is 1. The molecule has 0 saturated carbocycles. The number of esters is 2. The highest BCUT2D eigenvalue weighted by molar-refractivity contribution is 7.18. The summed E-state index contributed by atoms with van der Waals surface area (Å²) < 4.78 is 22.1. The summed E-state index contributed by atoms with van der Waals surface area (Å²) in [5.41, 5.74) is 2.71. The second-order valence-corrected chi connectivity index (χ2v) is 11.5. The van der Waals surface area contributed by atoms with E-state index in [0.29, 0.717) is 17.1 Å². The molecule has 0 fully saturated rings. The molecule has 2 heterocycles. The average molecular weight is 590 g/mol. The van der Waals surface area contributed by atoms with Gasteiger partial charge in [0.15, 0.2) is 5.76 Å². The Morgan fingerprint density at radius 3 is 2.24 bits per heavy atom. The zero-order valence-electron chi connectivity index (χ0n) is 24.6. The predicted octanol–water partition coefficient (Wildman–Crippen LogP) is 7.55. The zero-order chi connectivity index (χ0) is 30.4. The minimum Gasteiger partial charge on any atom is -0.486 e. The molecule has 0 bridgehead atoms. The Labute approximate surface area is 249 Å². The number of benzene rings is 2. The second kappa shape index (κ2) is 13.1. The maximum Gasteiger partial charge on any atom is 0.348 e. The van der Waals surface area contributed by atoms with E-state index in [1.165, 1.54) is 11.6 Å². The summed E-state index contributed by atoms with van der Waals surface area (Å²) in [7, 11) is 0. The summed E-state index contributed by atoms with van der Waals surface area (Å²) in [5.74, 6) is -0.657. The van der Waals surface area contributed by atoms with E-state index in [2.05, 4.69) is 31.3 Å². The monoisotopic (exact) mass is 589 g/mol. The number of ether oxygens (including phenoxy) is 3. The molecule has 0 saturated heterocycles. The lowest BCUT2D eigenvalue weighted by molar-refractivity contribution is 0.0379. The molecule has 220 valence electrons. The molecule has 0 aliphatic rings. The number of carbonyl (C=O) groups is 3. The second-order valence-electron chi connectivity index (χ2n) is 10.5. The molecule has 2 aromatic heterocycles. The predicted molar refractivity (Wildman–Crippen MR) is 162 cm³/mol. The van der Waals surface area contributed by atoms with E-state index in [0.717, 1.165) is 16.9 Å². The van der Waals surface area contributed by atoms with E-state index < -0.39 is 17.8 Å². The molecule has 8 nitrogen and oxygen atoms in total. The fourth-order valence-corrected chi connectivity index (χ4v) is 5.48. The van der Waals surface area contributed by atoms with Gasteiger partial charge >= 0.3 is 11.9 Å². The molecule has 2 aromatic carbocycles. The summed E-state index contributed by atoms with van der Waals surface area (Å²) in [6.45, 7) is 11.4. The molecule has 1 N–H and O–H groups in total. The molecule has 0 unspecified atom stereocenters. The average Bonchev–Trinajstić information content (AvgIpc) is 3.57. The molecule has 0 aliphatic heterocycles. The normalized spacial score (nSPS) is 11.3. The fraction of sp³-hybridized carbons (Fsp3) is 0.303. The van der Waals surface area contributed by atoms with Gasteiger partial charge in [0.05, 0.1) is 18.3 Å². The van der Waals surface area contributed by atoms with Crippen LogP contribution in [0.25, 0.3) is 0 Å². The summed E-state index contributed by atoms with van der Waals surface area (Å²) >= 11 is 0.954. The summed E-state index contributed by atoms with van der Waals surface area (Å²) in [6.07, 6.45) is -0.384. The number of hydrogen-bond acceptors (Lipinski definition) is 8. The highest BCUT2D eigenvalue weighted by Gasteiger charge is 2.29. The molecule has 1 amide bonds. The van der Waals surface area contributed by atoms with E-state index in [1.807, 2.05) is 42.5 Å². The molecule has 0 spiro atoms. The van der Waals surface area contributed by atoms with E-state index in [9.17, 15) is 14.4 Å². The van der Waals surface area contributed by atoms with Crippen molar-refractivity contribution in [2.45, 2.75) is 59.7 Å². The van der Waals surface area contributed by atoms with Gasteiger partial charge in [0.25, 0.3) is 5.91 Å². The first-order valence-corrected chi connectivity index (χ1v) is 14.5. The van der Waals surface area contributed by atoms with E-state index in [1.54, 1.807) is 33.8 Å². The lowest BCUT2D eigenvalue weighted by atomic mass is 9.78. The first kappa shape index (κ1) is 30.6. The number of thiophene rings is 1. The summed E-state index contributed by atoms with van der Waals surface area (Å²) in [5, 5.41) is 2.88. The van der Waals surface area contributed by atoms with Crippen LogP contribution >= 0.6 is 11.3 Å². The molecule has 4 rings (SSSR count). The molecule has 4 aromatic rings. The van der Waals surface area contributed by atoms with Crippen molar-refractivity contribution in [1.29, 1.82) is 0 Å². The van der Waals surface area contributed by atoms with Crippen LogP contribution in [0.5, 0.6) is 5.75 Å². The minimum atomic E-state index is -0.642. The number of hydrogen-bond donors (Lipinski definition) is 1. The molecular formula is C33H35NO7S. The molecule has 0 radical (unpaired) electrons. The minimum absolute atomic E-state index is 0.0282. The van der Waals surface area contributed by atoms with Crippen LogP contribution in [0.3, 0.4) is 0 Å². The third-order valence-electron chi connectivity index (χ3n) is 6.72. The van der Waals surface area contributed by atoms with Crippen molar-refractivity contribution in [3.63, 3.8) is 0 Å². The van der Waals surface area contributed by atoms with Gasteiger partial charge in [-0.25, -0.2) is 9.59 Å². The SMILES string of the molecule is CCOC(=O)c1sc(NC(=O)c2ccc(COc3ccc(C(C)(C)c4ccccc4)cc3)o2)c(C(=O)OC(C)C)c1C. The topological polar surface area (TPSA) is 104 Å². The van der Waals surface area contributed by atoms with Gasteiger partial charge in [-0.3, -0.25) is 4.79 Å². The van der Waals surface area contributed by atoms with Crippen LogP contribution in [0.4, 0.5) is 5.00 Å². The van der Waals surface area contributed by atoms with Gasteiger partial charge in [-0.05, 0) is 68.7 Å². The Morgan fingerprint density at radius 1 is 0.929 bits per heavy atom. The van der Waals surface area contributed by atoms with Gasteiger partial charge in [0.1, 0.15) is 28.0 Å². The van der Waals surface area contributed by atoms with E-state index >= 15 is 0 Å². The Morgan fingerprint density at radius 2 is 1.60 bits per heavy atom. The number of anilines is 1. The van der Waals surface area contributed by atoms with Crippen LogP contribution in [0.2, 0.25) is 0 Å². The third-order valence-corrected chi connectivity index (χ3v) is 7.91. The van der Waals surface area contributed by atoms with Crippen molar-refractivity contribution >= 4 is 34.2 Å². The van der Waals surface area contributed by atoms with E-state index in [4.69, 9.17) is 18.6 Å². The molecule has 0 atom stereocenters. The van der Waals surface area contributed by atoms with Crippen LogP contribution < -0.4 is 10.1 Å². The summed E-state index contributed by atoms with van der Waals surface area (Å²) in [4.78, 5) is 38.5. The van der Waals surface area contributed by atoms with Crippen LogP contribution in [-0.2, 0) is 21.5 Å². The largest absolute Gasteiger partial charge is 0.486 e. The highest BCUT2D eigenvalue weighted by atomic mass is 32.1.